The molecule has 0 aliphatic carbocycles. The van der Waals surface area contributed by atoms with Crippen LogP contribution in [0.15, 0.2) is 24.3 Å². The molecule has 0 aliphatic heterocycles. The topological polar surface area (TPSA) is 38.9 Å². The Morgan fingerprint density at radius 1 is 1.15 bits per heavy atom. The molecule has 0 atom stereocenters. The number of hydrogen-bond acceptors (Lipinski definition) is 2. The molecule has 1 aromatic heterocycles. The van der Waals surface area contributed by atoms with E-state index >= 15 is 0 Å². The van der Waals surface area contributed by atoms with Crippen LogP contribution in [-0.4, -0.2) is 4.98 Å². The molecule has 0 fully saturated rings. The number of anilines is 1. The van der Waals surface area contributed by atoms with Gasteiger partial charge in [0.05, 0.1) is 0 Å². The van der Waals surface area contributed by atoms with Gasteiger partial charge in [0, 0.05) is 22.5 Å². The molecule has 0 radical (unpaired) electrons. The summed E-state index contributed by atoms with van der Waals surface area (Å²) < 4.78 is 0. The molecule has 2 aromatic rings. The highest BCUT2D eigenvalue weighted by Crippen LogP contribution is 2.20. The Balaban J connectivity index is 2.87. The Labute approximate surface area is 77.4 Å². The number of benzene rings is 1. The van der Waals surface area contributed by atoms with Gasteiger partial charge in [-0.15, -0.1) is 0 Å². The van der Waals surface area contributed by atoms with Gasteiger partial charge in [-0.05, 0) is 37.4 Å². The van der Waals surface area contributed by atoms with Gasteiger partial charge in [0.1, 0.15) is 0 Å². The van der Waals surface area contributed by atoms with Crippen LogP contribution in [0.3, 0.4) is 0 Å². The molecule has 0 unspecified atom stereocenters. The summed E-state index contributed by atoms with van der Waals surface area (Å²) in [7, 11) is 0. The Morgan fingerprint density at radius 2 is 1.92 bits per heavy atom. The number of hydrogen-bond donors (Lipinski definition) is 1. The van der Waals surface area contributed by atoms with E-state index in [0.29, 0.717) is 0 Å². The molecule has 0 bridgehead atoms. The van der Waals surface area contributed by atoms with Crippen LogP contribution < -0.4 is 5.73 Å². The van der Waals surface area contributed by atoms with Crippen LogP contribution in [0.5, 0.6) is 0 Å². The number of aryl methyl sites for hydroxylation is 2. The third-order valence-electron chi connectivity index (χ3n) is 2.18. The summed E-state index contributed by atoms with van der Waals surface area (Å²) in [5.74, 6) is 0. The number of nitrogens with two attached hydrogens (primary N) is 1. The first-order chi connectivity index (χ1) is 6.16. The number of rotatable bonds is 0. The lowest BCUT2D eigenvalue weighted by atomic mass is 10.1. The fourth-order valence-electron chi connectivity index (χ4n) is 1.60. The average molecular weight is 172 g/mol. The van der Waals surface area contributed by atoms with Crippen molar-refractivity contribution in [3.05, 3.63) is 35.7 Å². The monoisotopic (exact) mass is 172 g/mol. The average Bonchev–Trinajstić information content (AvgIpc) is 2.06. The van der Waals surface area contributed by atoms with Gasteiger partial charge in [0.2, 0.25) is 0 Å². The van der Waals surface area contributed by atoms with Gasteiger partial charge in [-0.3, -0.25) is 4.98 Å². The van der Waals surface area contributed by atoms with E-state index in [1.807, 2.05) is 32.0 Å². The van der Waals surface area contributed by atoms with Crippen molar-refractivity contribution in [2.45, 2.75) is 13.8 Å². The highest BCUT2D eigenvalue weighted by Gasteiger charge is 1.99. The van der Waals surface area contributed by atoms with Gasteiger partial charge in [-0.2, -0.15) is 0 Å². The molecule has 0 aliphatic rings. The van der Waals surface area contributed by atoms with Crippen LogP contribution in [0.4, 0.5) is 5.69 Å². The lowest BCUT2D eigenvalue weighted by molar-refractivity contribution is 1.15. The first-order valence-electron chi connectivity index (χ1n) is 4.30. The lowest BCUT2D eigenvalue weighted by Gasteiger charge is -2.03. The van der Waals surface area contributed by atoms with Crippen LogP contribution in [0.25, 0.3) is 10.8 Å². The molecule has 66 valence electrons. The Morgan fingerprint density at radius 3 is 2.69 bits per heavy atom. The van der Waals surface area contributed by atoms with Crippen LogP contribution in [-0.2, 0) is 0 Å². The Bertz CT molecular complexity index is 461. The largest absolute Gasteiger partial charge is 0.399 e. The van der Waals surface area contributed by atoms with Gasteiger partial charge < -0.3 is 5.73 Å². The van der Waals surface area contributed by atoms with Gasteiger partial charge in [-0.25, -0.2) is 0 Å². The molecule has 1 heterocycles. The molecule has 13 heavy (non-hydrogen) atoms. The molecule has 0 spiro atoms. The van der Waals surface area contributed by atoms with Crippen molar-refractivity contribution in [3.8, 4) is 0 Å². The van der Waals surface area contributed by atoms with Crippen molar-refractivity contribution in [2.75, 3.05) is 5.73 Å². The second-order valence-electron chi connectivity index (χ2n) is 3.33. The number of nitrogen functional groups attached to an aromatic ring is 1. The Kier molecular flexibility index (Phi) is 1.69. The second kappa shape index (κ2) is 2.73. The molecule has 2 heteroatoms. The number of aromatic nitrogens is 1. The molecule has 2 rings (SSSR count). The van der Waals surface area contributed by atoms with Crippen molar-refractivity contribution in [2.24, 2.45) is 0 Å². The van der Waals surface area contributed by atoms with E-state index in [-0.39, 0.29) is 0 Å². The summed E-state index contributed by atoms with van der Waals surface area (Å²) in [6.07, 6.45) is 0. The van der Waals surface area contributed by atoms with Gasteiger partial charge in [0.25, 0.3) is 0 Å². The molecular weight excluding hydrogens is 160 g/mol. The predicted molar refractivity (Wildman–Crippen MR) is 55.6 cm³/mol. The minimum atomic E-state index is 0.793. The highest BCUT2D eigenvalue weighted by atomic mass is 14.7. The van der Waals surface area contributed by atoms with Gasteiger partial charge >= 0.3 is 0 Å². The fourth-order valence-corrected chi connectivity index (χ4v) is 1.60. The van der Waals surface area contributed by atoms with Crippen molar-refractivity contribution in [3.63, 3.8) is 0 Å². The SMILES string of the molecule is Cc1cc2ccc(N)cc2c(C)n1. The molecule has 0 saturated carbocycles. The predicted octanol–water partition coefficient (Wildman–Crippen LogP) is 2.43. The molecule has 0 amide bonds. The van der Waals surface area contributed by atoms with Crippen LogP contribution >= 0.6 is 0 Å². The summed E-state index contributed by atoms with van der Waals surface area (Å²) in [5.41, 5.74) is 8.59. The standard InChI is InChI=1S/C11H12N2/c1-7-5-9-3-4-10(12)6-11(9)8(2)13-7/h3-6H,12H2,1-2H3. The molecule has 2 N–H and O–H groups in total. The quantitative estimate of drug-likeness (QED) is 0.620. The summed E-state index contributed by atoms with van der Waals surface area (Å²) >= 11 is 0. The maximum absolute atomic E-state index is 5.70. The third-order valence-corrected chi connectivity index (χ3v) is 2.18. The number of nitrogens with zero attached hydrogens (tertiary/aromatic N) is 1. The van der Waals surface area contributed by atoms with Crippen LogP contribution in [0.1, 0.15) is 11.4 Å². The summed E-state index contributed by atoms with van der Waals surface area (Å²) in [4.78, 5) is 4.39. The molecule has 1 aromatic carbocycles. The second-order valence-corrected chi connectivity index (χ2v) is 3.33. The van der Waals surface area contributed by atoms with E-state index in [1.54, 1.807) is 0 Å². The van der Waals surface area contributed by atoms with E-state index < -0.39 is 0 Å². The van der Waals surface area contributed by atoms with E-state index in [0.717, 1.165) is 22.5 Å². The molecule has 0 saturated heterocycles. The van der Waals surface area contributed by atoms with Crippen LogP contribution in [0.2, 0.25) is 0 Å². The van der Waals surface area contributed by atoms with E-state index in [1.165, 1.54) is 5.39 Å². The third kappa shape index (κ3) is 1.35. The van der Waals surface area contributed by atoms with Crippen molar-refractivity contribution >= 4 is 16.5 Å². The maximum atomic E-state index is 5.70. The van der Waals surface area contributed by atoms with Crippen LogP contribution in [0, 0.1) is 13.8 Å². The normalized spacial score (nSPS) is 10.6. The Hall–Kier alpha value is -1.57. The summed E-state index contributed by atoms with van der Waals surface area (Å²) in [6, 6.07) is 7.99. The summed E-state index contributed by atoms with van der Waals surface area (Å²) in [5, 5.41) is 2.35. The number of pyridine rings is 1. The first kappa shape index (κ1) is 8.05. The lowest BCUT2D eigenvalue weighted by Crippen LogP contribution is -1.90. The van der Waals surface area contributed by atoms with Gasteiger partial charge in [0.15, 0.2) is 0 Å². The smallest absolute Gasteiger partial charge is 0.0454 e. The van der Waals surface area contributed by atoms with E-state index in [9.17, 15) is 0 Å². The van der Waals surface area contributed by atoms with Crippen molar-refractivity contribution < 1.29 is 0 Å². The van der Waals surface area contributed by atoms with E-state index in [2.05, 4.69) is 11.1 Å². The zero-order chi connectivity index (χ0) is 9.42. The van der Waals surface area contributed by atoms with Gasteiger partial charge in [-0.1, -0.05) is 6.07 Å². The zero-order valence-corrected chi connectivity index (χ0v) is 7.83. The fraction of sp³-hybridized carbons (Fsp3) is 0.182. The maximum Gasteiger partial charge on any atom is 0.0454 e. The van der Waals surface area contributed by atoms with E-state index in [4.69, 9.17) is 5.73 Å². The number of fused-ring (bicyclic) bond motifs is 1. The minimum Gasteiger partial charge on any atom is -0.399 e. The zero-order valence-electron chi connectivity index (χ0n) is 7.83. The molecule has 2 nitrogen and oxygen atoms in total. The summed E-state index contributed by atoms with van der Waals surface area (Å²) in [6.45, 7) is 4.01. The van der Waals surface area contributed by atoms with Crippen molar-refractivity contribution in [1.82, 2.24) is 4.98 Å². The minimum absolute atomic E-state index is 0.793. The first-order valence-corrected chi connectivity index (χ1v) is 4.30. The molecular formula is C11H12N2. The highest BCUT2D eigenvalue weighted by molar-refractivity contribution is 5.87. The van der Waals surface area contributed by atoms with Crippen molar-refractivity contribution in [1.29, 1.82) is 0 Å².